The Bertz CT molecular complexity index is 94.1. The summed E-state index contributed by atoms with van der Waals surface area (Å²) in [6, 6.07) is 0. The first kappa shape index (κ1) is 13.1. The molecule has 3 nitrogen and oxygen atoms in total. The molecule has 1 amide bonds. The van der Waals surface area contributed by atoms with Crippen LogP contribution >= 0.6 is 0 Å². The second kappa shape index (κ2) is 9.43. The summed E-state index contributed by atoms with van der Waals surface area (Å²) in [6.45, 7) is 8.51. The van der Waals surface area contributed by atoms with E-state index in [1.807, 2.05) is 27.7 Å². The molecule has 0 aromatic carbocycles. The SMILES string of the molecule is CC.CC.O=C1CCCN1O. The molecule has 0 aliphatic carbocycles. The summed E-state index contributed by atoms with van der Waals surface area (Å²) >= 11 is 0. The minimum atomic E-state index is -0.153. The molecule has 0 radical (unpaired) electrons. The van der Waals surface area contributed by atoms with E-state index in [1.54, 1.807) is 0 Å². The van der Waals surface area contributed by atoms with Gasteiger partial charge in [0.2, 0.25) is 5.91 Å². The van der Waals surface area contributed by atoms with Gasteiger partial charge in [-0.25, -0.2) is 5.06 Å². The highest BCUT2D eigenvalue weighted by atomic mass is 16.5. The molecule has 1 rings (SSSR count). The van der Waals surface area contributed by atoms with Crippen LogP contribution in [0.25, 0.3) is 0 Å². The highest BCUT2D eigenvalue weighted by Crippen LogP contribution is 2.04. The summed E-state index contributed by atoms with van der Waals surface area (Å²) in [7, 11) is 0. The van der Waals surface area contributed by atoms with Crippen LogP contribution in [-0.2, 0) is 4.79 Å². The van der Waals surface area contributed by atoms with E-state index in [4.69, 9.17) is 5.21 Å². The Morgan fingerprint density at radius 2 is 1.73 bits per heavy atom. The predicted molar refractivity (Wildman–Crippen MR) is 45.4 cm³/mol. The van der Waals surface area contributed by atoms with Crippen molar-refractivity contribution in [2.75, 3.05) is 6.54 Å². The molecule has 0 bridgehead atoms. The highest BCUT2D eigenvalue weighted by molar-refractivity contribution is 5.76. The molecule has 0 aromatic rings. The lowest BCUT2D eigenvalue weighted by atomic mass is 10.4. The zero-order chi connectivity index (χ0) is 9.28. The van der Waals surface area contributed by atoms with E-state index in [0.717, 1.165) is 11.5 Å². The van der Waals surface area contributed by atoms with Gasteiger partial charge in [0.15, 0.2) is 0 Å². The third-order valence-electron chi connectivity index (χ3n) is 1.05. The molecule has 1 fully saturated rings. The molecule has 0 unspecified atom stereocenters. The molecule has 1 N–H and O–H groups in total. The molecular weight excluding hydrogens is 142 g/mol. The number of rotatable bonds is 0. The van der Waals surface area contributed by atoms with Crippen molar-refractivity contribution in [1.29, 1.82) is 0 Å². The maximum absolute atomic E-state index is 10.2. The van der Waals surface area contributed by atoms with Crippen molar-refractivity contribution in [3.63, 3.8) is 0 Å². The number of nitrogens with zero attached hydrogens (tertiary/aromatic N) is 1. The van der Waals surface area contributed by atoms with Gasteiger partial charge in [0.25, 0.3) is 0 Å². The van der Waals surface area contributed by atoms with Gasteiger partial charge in [-0.05, 0) is 6.42 Å². The van der Waals surface area contributed by atoms with E-state index in [2.05, 4.69) is 0 Å². The van der Waals surface area contributed by atoms with Gasteiger partial charge in [-0.3, -0.25) is 10.0 Å². The fourth-order valence-electron chi connectivity index (χ4n) is 0.634. The van der Waals surface area contributed by atoms with Crippen molar-refractivity contribution in [3.8, 4) is 0 Å². The molecule has 0 spiro atoms. The normalized spacial score (nSPS) is 14.6. The molecule has 1 aliphatic heterocycles. The van der Waals surface area contributed by atoms with E-state index < -0.39 is 0 Å². The monoisotopic (exact) mass is 161 g/mol. The van der Waals surface area contributed by atoms with Crippen LogP contribution < -0.4 is 0 Å². The summed E-state index contributed by atoms with van der Waals surface area (Å²) < 4.78 is 0. The lowest BCUT2D eigenvalue weighted by molar-refractivity contribution is -0.157. The van der Waals surface area contributed by atoms with Gasteiger partial charge in [-0.2, -0.15) is 0 Å². The number of hydrogen-bond acceptors (Lipinski definition) is 2. The molecular formula is C8H19NO2. The second-order valence-corrected chi connectivity index (χ2v) is 1.62. The minimum Gasteiger partial charge on any atom is -0.286 e. The van der Waals surface area contributed by atoms with Crippen molar-refractivity contribution in [1.82, 2.24) is 5.06 Å². The van der Waals surface area contributed by atoms with Gasteiger partial charge in [0.05, 0.1) is 0 Å². The Hall–Kier alpha value is -0.570. The van der Waals surface area contributed by atoms with Crippen LogP contribution in [0.15, 0.2) is 0 Å². The van der Waals surface area contributed by atoms with Crippen LogP contribution in [0.3, 0.4) is 0 Å². The lowest BCUT2D eigenvalue weighted by Gasteiger charge is -2.00. The third-order valence-corrected chi connectivity index (χ3v) is 1.05. The van der Waals surface area contributed by atoms with E-state index in [-0.39, 0.29) is 5.91 Å². The van der Waals surface area contributed by atoms with Crippen LogP contribution in [0, 0.1) is 0 Å². The zero-order valence-electron chi connectivity index (χ0n) is 7.92. The zero-order valence-corrected chi connectivity index (χ0v) is 7.92. The van der Waals surface area contributed by atoms with Crippen LogP contribution in [0.1, 0.15) is 40.5 Å². The van der Waals surface area contributed by atoms with Gasteiger partial charge in [0, 0.05) is 13.0 Å². The molecule has 0 aromatic heterocycles. The predicted octanol–water partition coefficient (Wildman–Crippen LogP) is 2.05. The molecule has 1 saturated heterocycles. The standard InChI is InChI=1S/C4H7NO2.2C2H6/c6-4-2-1-3-5(4)7;2*1-2/h7H,1-3H2;2*1-2H3. The summed E-state index contributed by atoms with van der Waals surface area (Å²) in [5, 5.41) is 9.25. The Morgan fingerprint density at radius 1 is 1.27 bits per heavy atom. The van der Waals surface area contributed by atoms with Crippen LogP contribution in [0.2, 0.25) is 0 Å². The minimum absolute atomic E-state index is 0.153. The highest BCUT2D eigenvalue weighted by Gasteiger charge is 2.16. The maximum atomic E-state index is 10.2. The average Bonchev–Trinajstić information content (AvgIpc) is 2.44. The second-order valence-electron chi connectivity index (χ2n) is 1.62. The van der Waals surface area contributed by atoms with Crippen LogP contribution in [0.4, 0.5) is 0 Å². The maximum Gasteiger partial charge on any atom is 0.245 e. The summed E-state index contributed by atoms with van der Waals surface area (Å²) in [5.41, 5.74) is 0. The first-order valence-corrected chi connectivity index (χ1v) is 4.30. The van der Waals surface area contributed by atoms with Crippen molar-refractivity contribution in [2.24, 2.45) is 0 Å². The molecule has 1 heterocycles. The largest absolute Gasteiger partial charge is 0.286 e. The first-order chi connectivity index (χ1) is 5.30. The van der Waals surface area contributed by atoms with E-state index in [1.165, 1.54) is 0 Å². The number of carbonyl (C=O) groups excluding carboxylic acids is 1. The van der Waals surface area contributed by atoms with E-state index in [9.17, 15) is 4.79 Å². The molecule has 0 atom stereocenters. The molecule has 1 aliphatic rings. The average molecular weight is 161 g/mol. The van der Waals surface area contributed by atoms with E-state index in [0.29, 0.717) is 13.0 Å². The van der Waals surface area contributed by atoms with Gasteiger partial charge in [-0.15, -0.1) is 0 Å². The smallest absolute Gasteiger partial charge is 0.245 e. The fraction of sp³-hybridized carbons (Fsp3) is 0.875. The number of carbonyl (C=O) groups is 1. The molecule has 68 valence electrons. The Kier molecular flexibility index (Phi) is 11.2. The van der Waals surface area contributed by atoms with Gasteiger partial charge < -0.3 is 0 Å². The van der Waals surface area contributed by atoms with Crippen molar-refractivity contribution >= 4 is 5.91 Å². The van der Waals surface area contributed by atoms with Crippen molar-refractivity contribution in [3.05, 3.63) is 0 Å². The number of hydrogen-bond donors (Lipinski definition) is 1. The summed E-state index contributed by atoms with van der Waals surface area (Å²) in [5.74, 6) is -0.153. The molecule has 0 saturated carbocycles. The Morgan fingerprint density at radius 3 is 1.82 bits per heavy atom. The lowest BCUT2D eigenvalue weighted by Crippen LogP contribution is -2.18. The van der Waals surface area contributed by atoms with Crippen LogP contribution in [0.5, 0.6) is 0 Å². The molecule has 11 heavy (non-hydrogen) atoms. The van der Waals surface area contributed by atoms with Crippen molar-refractivity contribution < 1.29 is 10.0 Å². The third kappa shape index (κ3) is 5.85. The summed E-state index contributed by atoms with van der Waals surface area (Å²) in [4.78, 5) is 10.2. The Labute approximate surface area is 69.0 Å². The number of hydroxylamine groups is 2. The molecule has 3 heteroatoms. The fourth-order valence-corrected chi connectivity index (χ4v) is 0.634. The Balaban J connectivity index is 0. The van der Waals surface area contributed by atoms with Crippen LogP contribution in [-0.4, -0.2) is 22.7 Å². The van der Waals surface area contributed by atoms with Gasteiger partial charge in [0.1, 0.15) is 0 Å². The van der Waals surface area contributed by atoms with E-state index >= 15 is 0 Å². The first-order valence-electron chi connectivity index (χ1n) is 4.30. The van der Waals surface area contributed by atoms with Gasteiger partial charge >= 0.3 is 0 Å². The van der Waals surface area contributed by atoms with Gasteiger partial charge in [-0.1, -0.05) is 27.7 Å². The summed E-state index contributed by atoms with van der Waals surface area (Å²) in [6.07, 6.45) is 1.31. The topological polar surface area (TPSA) is 40.5 Å². The van der Waals surface area contributed by atoms with Crippen molar-refractivity contribution in [2.45, 2.75) is 40.5 Å². The quantitative estimate of drug-likeness (QED) is 0.552. The number of amides is 1.